The minimum absolute atomic E-state index is 0.328. The molecule has 0 saturated carbocycles. The predicted molar refractivity (Wildman–Crippen MR) is 67.9 cm³/mol. The van der Waals surface area contributed by atoms with Crippen molar-refractivity contribution >= 4 is 17.5 Å². The van der Waals surface area contributed by atoms with E-state index < -0.39 is 39.9 Å². The van der Waals surface area contributed by atoms with Crippen LogP contribution in [0.5, 0.6) is 0 Å². The largest absolute Gasteiger partial charge is 0.416 e. The third-order valence-corrected chi connectivity index (χ3v) is 2.76. The number of carbonyl (C=O) groups is 1. The molecule has 112 valence electrons. The summed E-state index contributed by atoms with van der Waals surface area (Å²) in [5, 5.41) is 0.929. The Bertz CT molecular complexity index is 508. The fourth-order valence-corrected chi connectivity index (χ4v) is 1.81. The summed E-state index contributed by atoms with van der Waals surface area (Å²) in [4.78, 5) is 11.8. The van der Waals surface area contributed by atoms with Gasteiger partial charge in [0.1, 0.15) is 11.2 Å². The Hall–Kier alpha value is -1.30. The molecule has 1 N–H and O–H groups in total. The molecule has 1 rings (SSSR count). The van der Waals surface area contributed by atoms with E-state index in [0.29, 0.717) is 6.07 Å². The van der Waals surface area contributed by atoms with Crippen LogP contribution < -0.4 is 5.32 Å². The van der Waals surface area contributed by atoms with Crippen molar-refractivity contribution < 1.29 is 22.4 Å². The van der Waals surface area contributed by atoms with E-state index in [0.717, 1.165) is 12.1 Å². The highest BCUT2D eigenvalue weighted by atomic mass is 35.5. The first-order valence-electron chi connectivity index (χ1n) is 5.74. The summed E-state index contributed by atoms with van der Waals surface area (Å²) >= 11 is 5.79. The normalized spacial score (nSPS) is 14.0. The zero-order valence-electron chi connectivity index (χ0n) is 11.1. The molecule has 1 unspecified atom stereocenters. The van der Waals surface area contributed by atoms with Crippen molar-refractivity contribution in [3.8, 4) is 0 Å². The van der Waals surface area contributed by atoms with Crippen LogP contribution in [0.4, 0.5) is 17.6 Å². The minimum atomic E-state index is -4.79. The number of hydrogen-bond acceptors (Lipinski definition) is 1. The number of amides is 1. The predicted octanol–water partition coefficient (Wildman–Crippen LogP) is 4.04. The number of carbonyl (C=O) groups excluding carboxylic acids is 1. The Morgan fingerprint density at radius 3 is 2.25 bits per heavy atom. The molecule has 1 atom stereocenters. The first-order valence-corrected chi connectivity index (χ1v) is 6.18. The first-order chi connectivity index (χ1) is 8.92. The van der Waals surface area contributed by atoms with Crippen LogP contribution in [0, 0.1) is 5.82 Å². The van der Waals surface area contributed by atoms with Crippen LogP contribution in [0.15, 0.2) is 18.2 Å². The minimum Gasteiger partial charge on any atom is -0.350 e. The molecule has 0 spiro atoms. The zero-order chi connectivity index (χ0) is 15.7. The van der Waals surface area contributed by atoms with Gasteiger partial charge in [-0.1, -0.05) is 6.07 Å². The van der Waals surface area contributed by atoms with E-state index in [2.05, 4.69) is 5.32 Å². The van der Waals surface area contributed by atoms with Crippen LogP contribution in [0.1, 0.15) is 37.3 Å². The maximum Gasteiger partial charge on any atom is 0.416 e. The molecule has 0 aliphatic rings. The number of halogens is 5. The number of nitrogens with one attached hydrogen (secondary N) is 1. The molecule has 1 aromatic carbocycles. The van der Waals surface area contributed by atoms with Gasteiger partial charge in [0, 0.05) is 5.54 Å². The van der Waals surface area contributed by atoms with Crippen LogP contribution in [0.3, 0.4) is 0 Å². The Balaban J connectivity index is 3.16. The molecule has 20 heavy (non-hydrogen) atoms. The van der Waals surface area contributed by atoms with Crippen LogP contribution in [0.25, 0.3) is 0 Å². The maximum atomic E-state index is 13.0. The lowest BCUT2D eigenvalue weighted by molar-refractivity contribution is -0.138. The van der Waals surface area contributed by atoms with Crippen molar-refractivity contribution in [1.29, 1.82) is 0 Å². The van der Waals surface area contributed by atoms with Crippen molar-refractivity contribution in [2.24, 2.45) is 0 Å². The Kier molecular flexibility index (Phi) is 4.69. The Morgan fingerprint density at radius 1 is 1.25 bits per heavy atom. The maximum absolute atomic E-state index is 13.0. The highest BCUT2D eigenvalue weighted by Gasteiger charge is 2.37. The fraction of sp³-hybridized carbons (Fsp3) is 0.462. The highest BCUT2D eigenvalue weighted by Crippen LogP contribution is 2.37. The van der Waals surface area contributed by atoms with E-state index in [9.17, 15) is 22.4 Å². The van der Waals surface area contributed by atoms with Crippen LogP contribution in [-0.2, 0) is 11.0 Å². The number of rotatable bonds is 2. The van der Waals surface area contributed by atoms with Crippen molar-refractivity contribution in [2.75, 3.05) is 0 Å². The van der Waals surface area contributed by atoms with Crippen LogP contribution >= 0.6 is 11.6 Å². The third kappa shape index (κ3) is 4.37. The van der Waals surface area contributed by atoms with Gasteiger partial charge in [-0.05, 0) is 38.5 Å². The summed E-state index contributed by atoms with van der Waals surface area (Å²) in [5.41, 5.74) is -2.35. The molecule has 0 aliphatic heterocycles. The molecule has 1 aromatic rings. The first kappa shape index (κ1) is 16.8. The monoisotopic (exact) mass is 311 g/mol. The molecule has 0 radical (unpaired) electrons. The standard InChI is InChI=1S/C13H14ClF4NO/c1-12(2,3)19-11(20)10(14)8-5-4-7(15)6-9(8)13(16,17)18/h4-6,10H,1-3H3,(H,19,20). The lowest BCUT2D eigenvalue weighted by atomic mass is 10.0. The number of hydrogen-bond donors (Lipinski definition) is 1. The molecular formula is C13H14ClF4NO. The van der Waals surface area contributed by atoms with Gasteiger partial charge < -0.3 is 5.32 Å². The van der Waals surface area contributed by atoms with Gasteiger partial charge in [-0.15, -0.1) is 11.6 Å². The average molecular weight is 312 g/mol. The molecule has 0 aliphatic carbocycles. The van der Waals surface area contributed by atoms with Crippen molar-refractivity contribution in [2.45, 2.75) is 37.9 Å². The fourth-order valence-electron chi connectivity index (χ4n) is 1.57. The van der Waals surface area contributed by atoms with Crippen molar-refractivity contribution in [3.05, 3.63) is 35.1 Å². The molecule has 1 amide bonds. The summed E-state index contributed by atoms with van der Waals surface area (Å²) in [6.45, 7) is 5.01. The number of benzene rings is 1. The van der Waals surface area contributed by atoms with Gasteiger partial charge in [0.25, 0.3) is 0 Å². The van der Waals surface area contributed by atoms with E-state index in [-0.39, 0.29) is 0 Å². The van der Waals surface area contributed by atoms with Crippen molar-refractivity contribution in [3.63, 3.8) is 0 Å². The highest BCUT2D eigenvalue weighted by molar-refractivity contribution is 6.31. The second-order valence-corrected chi connectivity index (χ2v) is 5.77. The molecule has 0 bridgehead atoms. The molecule has 0 fully saturated rings. The summed E-state index contributed by atoms with van der Waals surface area (Å²) in [7, 11) is 0. The van der Waals surface area contributed by atoms with E-state index in [1.54, 1.807) is 20.8 Å². The average Bonchev–Trinajstić information content (AvgIpc) is 2.24. The molecular weight excluding hydrogens is 298 g/mol. The molecule has 0 saturated heterocycles. The van der Waals surface area contributed by atoms with Crippen LogP contribution in [0.2, 0.25) is 0 Å². The Morgan fingerprint density at radius 2 is 1.80 bits per heavy atom. The molecule has 0 aromatic heterocycles. The quantitative estimate of drug-likeness (QED) is 0.648. The van der Waals surface area contributed by atoms with E-state index in [4.69, 9.17) is 11.6 Å². The summed E-state index contributed by atoms with van der Waals surface area (Å²) < 4.78 is 51.5. The van der Waals surface area contributed by atoms with E-state index >= 15 is 0 Å². The van der Waals surface area contributed by atoms with Gasteiger partial charge in [0.05, 0.1) is 5.56 Å². The summed E-state index contributed by atoms with van der Waals surface area (Å²) in [6.07, 6.45) is -4.79. The SMILES string of the molecule is CC(C)(C)NC(=O)C(Cl)c1ccc(F)cc1C(F)(F)F. The molecule has 7 heteroatoms. The molecule has 2 nitrogen and oxygen atoms in total. The number of alkyl halides is 4. The van der Waals surface area contributed by atoms with Gasteiger partial charge in [-0.3, -0.25) is 4.79 Å². The second kappa shape index (κ2) is 5.60. The third-order valence-electron chi connectivity index (χ3n) is 2.32. The van der Waals surface area contributed by atoms with Gasteiger partial charge in [-0.2, -0.15) is 13.2 Å². The second-order valence-electron chi connectivity index (χ2n) is 5.33. The molecule has 0 heterocycles. The zero-order valence-corrected chi connectivity index (χ0v) is 11.9. The summed E-state index contributed by atoms with van der Waals surface area (Å²) in [5.74, 6) is -1.81. The van der Waals surface area contributed by atoms with Crippen molar-refractivity contribution in [1.82, 2.24) is 5.32 Å². The van der Waals surface area contributed by atoms with Gasteiger partial charge in [-0.25, -0.2) is 4.39 Å². The van der Waals surface area contributed by atoms with E-state index in [1.165, 1.54) is 0 Å². The topological polar surface area (TPSA) is 29.1 Å². The van der Waals surface area contributed by atoms with Gasteiger partial charge in [0.2, 0.25) is 5.91 Å². The Labute approximate surface area is 119 Å². The van der Waals surface area contributed by atoms with E-state index in [1.807, 2.05) is 0 Å². The smallest absolute Gasteiger partial charge is 0.350 e. The van der Waals surface area contributed by atoms with Crippen LogP contribution in [-0.4, -0.2) is 11.4 Å². The van der Waals surface area contributed by atoms with Gasteiger partial charge >= 0.3 is 6.18 Å². The summed E-state index contributed by atoms with van der Waals surface area (Å²) in [6, 6.07) is 2.04. The lowest BCUT2D eigenvalue weighted by Gasteiger charge is -2.23. The lowest BCUT2D eigenvalue weighted by Crippen LogP contribution is -2.42. The van der Waals surface area contributed by atoms with Gasteiger partial charge in [0.15, 0.2) is 0 Å².